The minimum Gasteiger partial charge on any atom is -0.381 e. The van der Waals surface area contributed by atoms with Crippen molar-refractivity contribution in [2.24, 2.45) is 0 Å². The number of hydrogen-bond acceptors (Lipinski definition) is 5. The van der Waals surface area contributed by atoms with E-state index in [2.05, 4.69) is 20.2 Å². The van der Waals surface area contributed by atoms with Crippen LogP contribution in [-0.4, -0.2) is 44.4 Å². The lowest BCUT2D eigenvalue weighted by Crippen LogP contribution is -2.49. The van der Waals surface area contributed by atoms with E-state index in [-0.39, 0.29) is 5.03 Å². The molecule has 0 atom stereocenters. The Kier molecular flexibility index (Phi) is 4.48. The van der Waals surface area contributed by atoms with E-state index in [0.29, 0.717) is 38.2 Å². The van der Waals surface area contributed by atoms with Gasteiger partial charge in [0.1, 0.15) is 0 Å². The molecule has 0 amide bonds. The van der Waals surface area contributed by atoms with Crippen LogP contribution in [0.25, 0.3) is 0 Å². The molecule has 0 aromatic carbocycles. The van der Waals surface area contributed by atoms with Crippen LogP contribution in [0.1, 0.15) is 31.0 Å². The molecule has 114 valence electrons. The van der Waals surface area contributed by atoms with Gasteiger partial charge < -0.3 is 10.1 Å². The number of aromatic nitrogens is 2. The van der Waals surface area contributed by atoms with Crippen molar-refractivity contribution in [2.75, 3.05) is 20.3 Å². The predicted octanol–water partition coefficient (Wildman–Crippen LogP) is 0.285. The van der Waals surface area contributed by atoms with Crippen molar-refractivity contribution in [1.29, 1.82) is 0 Å². The number of nitrogens with zero attached hydrogens (tertiary/aromatic N) is 1. The molecule has 1 aliphatic rings. The van der Waals surface area contributed by atoms with E-state index in [1.807, 2.05) is 13.8 Å². The molecule has 1 saturated heterocycles. The van der Waals surface area contributed by atoms with Crippen molar-refractivity contribution in [3.8, 4) is 0 Å². The standard InChI is InChI=1S/C12H22N4O3S/c1-9-10(8-13-3)11(15-14-9)20(17,18)16-12(2)4-6-19-7-5-12/h13,16H,4-8H2,1-3H3,(H,14,15). The number of aromatic amines is 1. The maximum Gasteiger partial charge on any atom is 0.260 e. The number of ether oxygens (including phenoxy) is 1. The largest absolute Gasteiger partial charge is 0.381 e. The highest BCUT2D eigenvalue weighted by molar-refractivity contribution is 7.89. The summed E-state index contributed by atoms with van der Waals surface area (Å²) in [5, 5.41) is 9.74. The molecule has 0 bridgehead atoms. The van der Waals surface area contributed by atoms with Gasteiger partial charge in [-0.05, 0) is 33.7 Å². The van der Waals surface area contributed by atoms with E-state index in [4.69, 9.17) is 4.74 Å². The zero-order valence-corrected chi connectivity index (χ0v) is 12.9. The van der Waals surface area contributed by atoms with E-state index in [0.717, 1.165) is 5.69 Å². The number of hydrogen-bond donors (Lipinski definition) is 3. The summed E-state index contributed by atoms with van der Waals surface area (Å²) < 4.78 is 33.2. The molecule has 2 rings (SSSR count). The van der Waals surface area contributed by atoms with Crippen LogP contribution in [0.15, 0.2) is 5.03 Å². The summed E-state index contributed by atoms with van der Waals surface area (Å²) >= 11 is 0. The molecule has 1 aromatic rings. The normalized spacial score (nSPS) is 19.1. The van der Waals surface area contributed by atoms with Gasteiger partial charge in [-0.15, -0.1) is 0 Å². The Balaban J connectivity index is 2.26. The maximum absolute atomic E-state index is 12.6. The second-order valence-electron chi connectivity index (χ2n) is 5.44. The van der Waals surface area contributed by atoms with Crippen molar-refractivity contribution < 1.29 is 13.2 Å². The number of sulfonamides is 1. The van der Waals surface area contributed by atoms with Crippen molar-refractivity contribution >= 4 is 10.0 Å². The fourth-order valence-corrected chi connectivity index (χ4v) is 4.00. The van der Waals surface area contributed by atoms with Gasteiger partial charge in [-0.3, -0.25) is 5.10 Å². The Morgan fingerprint density at radius 3 is 2.65 bits per heavy atom. The molecule has 3 N–H and O–H groups in total. The third-order valence-electron chi connectivity index (χ3n) is 3.62. The van der Waals surface area contributed by atoms with Crippen LogP contribution in [0.2, 0.25) is 0 Å². The smallest absolute Gasteiger partial charge is 0.260 e. The molecule has 7 nitrogen and oxygen atoms in total. The number of H-pyrrole nitrogens is 1. The fraction of sp³-hybridized carbons (Fsp3) is 0.750. The third-order valence-corrected chi connectivity index (χ3v) is 5.23. The van der Waals surface area contributed by atoms with E-state index in [9.17, 15) is 8.42 Å². The second-order valence-corrected chi connectivity index (χ2v) is 7.04. The lowest BCUT2D eigenvalue weighted by molar-refractivity contribution is 0.0537. The van der Waals surface area contributed by atoms with Gasteiger partial charge in [0.25, 0.3) is 10.0 Å². The molecule has 1 fully saturated rings. The molecular weight excluding hydrogens is 280 g/mol. The van der Waals surface area contributed by atoms with Crippen LogP contribution >= 0.6 is 0 Å². The molecule has 2 heterocycles. The Morgan fingerprint density at radius 1 is 1.40 bits per heavy atom. The monoisotopic (exact) mass is 302 g/mol. The molecule has 0 radical (unpaired) electrons. The first-order valence-electron chi connectivity index (χ1n) is 6.68. The molecule has 0 spiro atoms. The zero-order valence-electron chi connectivity index (χ0n) is 12.1. The minimum absolute atomic E-state index is 0.0806. The van der Waals surface area contributed by atoms with Gasteiger partial charge in [-0.1, -0.05) is 0 Å². The summed E-state index contributed by atoms with van der Waals surface area (Å²) in [6.45, 7) is 5.32. The highest BCUT2D eigenvalue weighted by Crippen LogP contribution is 2.24. The number of nitrogens with one attached hydrogen (secondary N) is 3. The lowest BCUT2D eigenvalue weighted by atomic mass is 9.94. The molecule has 0 aliphatic carbocycles. The molecular formula is C12H22N4O3S. The highest BCUT2D eigenvalue weighted by Gasteiger charge is 2.34. The topological polar surface area (TPSA) is 96.1 Å². The quantitative estimate of drug-likeness (QED) is 0.726. The molecule has 1 aromatic heterocycles. The van der Waals surface area contributed by atoms with Crippen molar-refractivity contribution in [2.45, 2.75) is 43.8 Å². The van der Waals surface area contributed by atoms with Crippen molar-refractivity contribution in [3.63, 3.8) is 0 Å². The van der Waals surface area contributed by atoms with Crippen LogP contribution in [0.4, 0.5) is 0 Å². The number of rotatable bonds is 5. The van der Waals surface area contributed by atoms with Gasteiger partial charge >= 0.3 is 0 Å². The summed E-state index contributed by atoms with van der Waals surface area (Å²) in [6, 6.07) is 0. The molecule has 20 heavy (non-hydrogen) atoms. The van der Waals surface area contributed by atoms with Gasteiger partial charge in [0.2, 0.25) is 0 Å². The SMILES string of the molecule is CNCc1c(S(=O)(=O)NC2(C)CCOCC2)n[nH]c1C. The average Bonchev–Trinajstić information content (AvgIpc) is 2.72. The Hall–Kier alpha value is -0.960. The molecule has 8 heteroatoms. The maximum atomic E-state index is 12.6. The van der Waals surface area contributed by atoms with Gasteiger partial charge in [0.05, 0.1) is 0 Å². The van der Waals surface area contributed by atoms with Gasteiger partial charge in [-0.25, -0.2) is 13.1 Å². The lowest BCUT2D eigenvalue weighted by Gasteiger charge is -2.33. The van der Waals surface area contributed by atoms with E-state index in [1.54, 1.807) is 7.05 Å². The van der Waals surface area contributed by atoms with E-state index in [1.165, 1.54) is 0 Å². The summed E-state index contributed by atoms with van der Waals surface area (Å²) in [7, 11) is -1.86. The van der Waals surface area contributed by atoms with Crippen molar-refractivity contribution in [1.82, 2.24) is 20.2 Å². The van der Waals surface area contributed by atoms with Crippen LogP contribution in [-0.2, 0) is 21.3 Å². The third kappa shape index (κ3) is 3.20. The first-order valence-corrected chi connectivity index (χ1v) is 8.16. The Morgan fingerprint density at radius 2 is 2.05 bits per heavy atom. The van der Waals surface area contributed by atoms with Crippen LogP contribution in [0.3, 0.4) is 0 Å². The first-order chi connectivity index (χ1) is 9.38. The highest BCUT2D eigenvalue weighted by atomic mass is 32.2. The van der Waals surface area contributed by atoms with Crippen LogP contribution < -0.4 is 10.0 Å². The number of aryl methyl sites for hydroxylation is 1. The van der Waals surface area contributed by atoms with Crippen LogP contribution in [0.5, 0.6) is 0 Å². The summed E-state index contributed by atoms with van der Waals surface area (Å²) in [6.07, 6.45) is 1.33. The van der Waals surface area contributed by atoms with E-state index >= 15 is 0 Å². The molecule has 0 saturated carbocycles. The molecule has 1 aliphatic heterocycles. The molecule has 0 unspecified atom stereocenters. The zero-order chi connectivity index (χ0) is 14.8. The predicted molar refractivity (Wildman–Crippen MR) is 74.9 cm³/mol. The van der Waals surface area contributed by atoms with Gasteiger partial charge in [0, 0.05) is 36.6 Å². The summed E-state index contributed by atoms with van der Waals surface area (Å²) in [4.78, 5) is 0. The fourth-order valence-electron chi connectivity index (χ4n) is 2.33. The summed E-state index contributed by atoms with van der Waals surface area (Å²) in [5.74, 6) is 0. The Bertz CT molecular complexity index is 561. The van der Waals surface area contributed by atoms with Crippen LogP contribution in [0, 0.1) is 6.92 Å². The average molecular weight is 302 g/mol. The minimum atomic E-state index is -3.64. The summed E-state index contributed by atoms with van der Waals surface area (Å²) in [5.41, 5.74) is 0.966. The van der Waals surface area contributed by atoms with Gasteiger partial charge in [0.15, 0.2) is 5.03 Å². The van der Waals surface area contributed by atoms with Gasteiger partial charge in [-0.2, -0.15) is 5.10 Å². The Labute approximate surface area is 119 Å². The van der Waals surface area contributed by atoms with E-state index < -0.39 is 15.6 Å². The first kappa shape index (κ1) is 15.4. The van der Waals surface area contributed by atoms with Crippen molar-refractivity contribution in [3.05, 3.63) is 11.3 Å². The second kappa shape index (κ2) is 5.80.